The van der Waals surface area contributed by atoms with Crippen molar-refractivity contribution in [3.05, 3.63) is 20.8 Å². The summed E-state index contributed by atoms with van der Waals surface area (Å²) in [5.74, 6) is -1.20. The molecule has 14 heavy (non-hydrogen) atoms. The van der Waals surface area contributed by atoms with E-state index in [1.165, 1.54) is 20.3 Å². The molecule has 0 saturated heterocycles. The summed E-state index contributed by atoms with van der Waals surface area (Å²) < 4.78 is 9.31. The maximum atomic E-state index is 11.2. The highest BCUT2D eigenvalue weighted by atomic mass is 35.5. The van der Waals surface area contributed by atoms with Gasteiger partial charge in [0, 0.05) is 0 Å². The molecule has 0 saturated carbocycles. The Morgan fingerprint density at radius 3 is 2.36 bits per heavy atom. The highest BCUT2D eigenvalue weighted by molar-refractivity contribution is 7.18. The fraction of sp³-hybridized carbons (Fsp3) is 0.250. The number of carbonyl (C=O) groups excluding carboxylic acids is 2. The molecule has 1 heterocycles. The van der Waals surface area contributed by atoms with Crippen molar-refractivity contribution in [2.24, 2.45) is 0 Å². The summed E-state index contributed by atoms with van der Waals surface area (Å²) in [4.78, 5) is 22.5. The highest BCUT2D eigenvalue weighted by Crippen LogP contribution is 2.27. The number of methoxy groups -OCH3 is 2. The van der Waals surface area contributed by atoms with Gasteiger partial charge in [-0.25, -0.2) is 9.59 Å². The third-order valence-electron chi connectivity index (χ3n) is 1.48. The smallest absolute Gasteiger partial charge is 0.348 e. The van der Waals surface area contributed by atoms with Crippen molar-refractivity contribution in [2.75, 3.05) is 14.2 Å². The van der Waals surface area contributed by atoms with Crippen molar-refractivity contribution in [3.8, 4) is 0 Å². The first-order chi connectivity index (χ1) is 6.60. The van der Waals surface area contributed by atoms with E-state index in [1.807, 2.05) is 0 Å². The van der Waals surface area contributed by atoms with Gasteiger partial charge in [0.25, 0.3) is 0 Å². The van der Waals surface area contributed by atoms with Gasteiger partial charge in [-0.15, -0.1) is 11.3 Å². The Morgan fingerprint density at radius 1 is 1.29 bits per heavy atom. The second kappa shape index (κ2) is 4.43. The van der Waals surface area contributed by atoms with Gasteiger partial charge in [0.05, 0.1) is 24.1 Å². The van der Waals surface area contributed by atoms with Crippen LogP contribution in [0.2, 0.25) is 4.34 Å². The number of esters is 2. The zero-order valence-corrected chi connectivity index (χ0v) is 9.07. The third kappa shape index (κ3) is 2.05. The molecule has 0 atom stereocenters. The molecule has 4 nitrogen and oxygen atoms in total. The molecule has 6 heteroatoms. The molecule has 0 aliphatic rings. The molecule has 0 fully saturated rings. The van der Waals surface area contributed by atoms with E-state index in [0.29, 0.717) is 4.34 Å². The monoisotopic (exact) mass is 234 g/mol. The molecular formula is C8H7ClO4S. The lowest BCUT2D eigenvalue weighted by atomic mass is 10.2. The number of halogens is 1. The van der Waals surface area contributed by atoms with E-state index in [9.17, 15) is 9.59 Å². The number of ether oxygens (including phenoxy) is 2. The molecule has 0 amide bonds. The molecule has 1 aromatic rings. The average Bonchev–Trinajstić information content (AvgIpc) is 2.58. The molecule has 0 aromatic carbocycles. The maximum Gasteiger partial charge on any atom is 0.348 e. The zero-order valence-electron chi connectivity index (χ0n) is 7.50. The van der Waals surface area contributed by atoms with E-state index in [2.05, 4.69) is 9.47 Å². The van der Waals surface area contributed by atoms with E-state index >= 15 is 0 Å². The van der Waals surface area contributed by atoms with Crippen LogP contribution in [0, 0.1) is 0 Å². The minimum atomic E-state index is -0.603. The Balaban J connectivity index is 3.15. The van der Waals surface area contributed by atoms with Crippen LogP contribution in [0.3, 0.4) is 0 Å². The Kier molecular flexibility index (Phi) is 3.49. The van der Waals surface area contributed by atoms with E-state index < -0.39 is 11.9 Å². The molecule has 0 aliphatic heterocycles. The molecule has 0 N–H and O–H groups in total. The first-order valence-electron chi connectivity index (χ1n) is 3.56. The third-order valence-corrected chi connectivity index (χ3v) is 2.72. The summed E-state index contributed by atoms with van der Waals surface area (Å²) in [5.41, 5.74) is 0.134. The van der Waals surface area contributed by atoms with Crippen LogP contribution in [-0.4, -0.2) is 26.2 Å². The number of rotatable bonds is 2. The van der Waals surface area contributed by atoms with Gasteiger partial charge in [0.2, 0.25) is 0 Å². The predicted octanol–water partition coefficient (Wildman–Crippen LogP) is 1.97. The van der Waals surface area contributed by atoms with E-state index in [4.69, 9.17) is 11.6 Å². The number of thiophene rings is 1. The van der Waals surface area contributed by atoms with E-state index in [1.54, 1.807) is 0 Å². The second-order valence-electron chi connectivity index (χ2n) is 2.28. The minimum Gasteiger partial charge on any atom is -0.465 e. The lowest BCUT2D eigenvalue weighted by Crippen LogP contribution is -2.08. The first-order valence-corrected chi connectivity index (χ1v) is 4.75. The summed E-state index contributed by atoms with van der Waals surface area (Å²) in [6, 6.07) is 1.38. The maximum absolute atomic E-state index is 11.2. The number of carbonyl (C=O) groups is 2. The standard InChI is InChI=1S/C8H7ClO4S/c1-12-7(10)4-3-5(9)14-6(4)8(11)13-2/h3H,1-2H3. The van der Waals surface area contributed by atoms with Gasteiger partial charge in [-0.2, -0.15) is 0 Å². The van der Waals surface area contributed by atoms with Gasteiger partial charge in [-0.05, 0) is 6.07 Å². The van der Waals surface area contributed by atoms with Crippen LogP contribution in [-0.2, 0) is 9.47 Å². The van der Waals surface area contributed by atoms with Gasteiger partial charge in [0.1, 0.15) is 4.88 Å². The van der Waals surface area contributed by atoms with Gasteiger partial charge < -0.3 is 9.47 Å². The van der Waals surface area contributed by atoms with Crippen molar-refractivity contribution >= 4 is 34.9 Å². The molecule has 76 valence electrons. The molecule has 0 bridgehead atoms. The molecule has 0 spiro atoms. The van der Waals surface area contributed by atoms with Gasteiger partial charge >= 0.3 is 11.9 Å². The number of hydrogen-bond acceptors (Lipinski definition) is 5. The zero-order chi connectivity index (χ0) is 10.7. The Hall–Kier alpha value is -1.07. The van der Waals surface area contributed by atoms with Crippen LogP contribution in [0.1, 0.15) is 20.0 Å². The quantitative estimate of drug-likeness (QED) is 0.735. The summed E-state index contributed by atoms with van der Waals surface area (Å²) in [6.07, 6.45) is 0. The Labute approximate surface area is 89.4 Å². The largest absolute Gasteiger partial charge is 0.465 e. The molecule has 0 radical (unpaired) electrons. The first kappa shape index (κ1) is 11.0. The Morgan fingerprint density at radius 2 is 1.86 bits per heavy atom. The predicted molar refractivity (Wildman–Crippen MR) is 52.0 cm³/mol. The van der Waals surface area contributed by atoms with Gasteiger partial charge in [-0.3, -0.25) is 0 Å². The summed E-state index contributed by atoms with van der Waals surface area (Å²) >= 11 is 6.65. The molecular weight excluding hydrogens is 228 g/mol. The highest BCUT2D eigenvalue weighted by Gasteiger charge is 2.21. The fourth-order valence-electron chi connectivity index (χ4n) is 0.867. The van der Waals surface area contributed by atoms with Crippen molar-refractivity contribution in [1.82, 2.24) is 0 Å². The minimum absolute atomic E-state index is 0.134. The topological polar surface area (TPSA) is 52.6 Å². The Bertz CT molecular complexity index is 338. The van der Waals surface area contributed by atoms with Crippen LogP contribution in [0.5, 0.6) is 0 Å². The lowest BCUT2D eigenvalue weighted by Gasteiger charge is -1.98. The van der Waals surface area contributed by atoms with E-state index in [-0.39, 0.29) is 10.4 Å². The van der Waals surface area contributed by atoms with Crippen LogP contribution < -0.4 is 0 Å². The SMILES string of the molecule is COC(=O)c1cc(Cl)sc1C(=O)OC. The summed E-state index contributed by atoms with van der Waals surface area (Å²) in [6.45, 7) is 0. The van der Waals surface area contributed by atoms with Gasteiger partial charge in [-0.1, -0.05) is 11.6 Å². The van der Waals surface area contributed by atoms with Crippen LogP contribution in [0.25, 0.3) is 0 Å². The molecule has 1 aromatic heterocycles. The normalized spacial score (nSPS) is 9.64. The van der Waals surface area contributed by atoms with Gasteiger partial charge in [0.15, 0.2) is 0 Å². The van der Waals surface area contributed by atoms with Crippen LogP contribution >= 0.6 is 22.9 Å². The lowest BCUT2D eigenvalue weighted by molar-refractivity contribution is 0.0560. The van der Waals surface area contributed by atoms with Crippen LogP contribution in [0.4, 0.5) is 0 Å². The van der Waals surface area contributed by atoms with Crippen molar-refractivity contribution in [2.45, 2.75) is 0 Å². The summed E-state index contributed by atoms with van der Waals surface area (Å²) in [7, 11) is 2.46. The summed E-state index contributed by atoms with van der Waals surface area (Å²) in [5, 5.41) is 0. The van der Waals surface area contributed by atoms with E-state index in [0.717, 1.165) is 11.3 Å². The van der Waals surface area contributed by atoms with Crippen molar-refractivity contribution < 1.29 is 19.1 Å². The van der Waals surface area contributed by atoms with Crippen molar-refractivity contribution in [3.63, 3.8) is 0 Å². The molecule has 0 aliphatic carbocycles. The second-order valence-corrected chi connectivity index (χ2v) is 3.96. The average molecular weight is 235 g/mol. The molecule has 0 unspecified atom stereocenters. The fourth-order valence-corrected chi connectivity index (χ4v) is 2.00. The number of hydrogen-bond donors (Lipinski definition) is 0. The van der Waals surface area contributed by atoms with Crippen LogP contribution in [0.15, 0.2) is 6.07 Å². The van der Waals surface area contributed by atoms with Crippen molar-refractivity contribution in [1.29, 1.82) is 0 Å². The molecule has 1 rings (SSSR count).